The van der Waals surface area contributed by atoms with Gasteiger partial charge in [-0.15, -0.1) is 0 Å². The molecule has 2 N–H and O–H groups in total. The van der Waals surface area contributed by atoms with Crippen LogP contribution in [0.1, 0.15) is 16.1 Å². The van der Waals surface area contributed by atoms with Crippen LogP contribution in [0.25, 0.3) is 11.3 Å². The van der Waals surface area contributed by atoms with Crippen LogP contribution in [0.4, 0.5) is 11.4 Å². The summed E-state index contributed by atoms with van der Waals surface area (Å²) in [7, 11) is 4.87. The minimum atomic E-state index is -0.301. The van der Waals surface area contributed by atoms with Gasteiger partial charge in [0.05, 0.1) is 26.3 Å². The molecule has 29 heavy (non-hydrogen) atoms. The molecular weight excluding hydrogens is 372 g/mol. The number of benzene rings is 2. The summed E-state index contributed by atoms with van der Waals surface area (Å²) < 4.78 is 12.2. The summed E-state index contributed by atoms with van der Waals surface area (Å²) in [5.41, 5.74) is 3.97. The van der Waals surface area contributed by atoms with E-state index in [0.29, 0.717) is 35.0 Å². The number of carbonyl (C=O) groups excluding carboxylic acids is 2. The van der Waals surface area contributed by atoms with Crippen LogP contribution in [-0.2, 0) is 18.3 Å². The van der Waals surface area contributed by atoms with Gasteiger partial charge in [-0.25, -0.2) is 0 Å². The van der Waals surface area contributed by atoms with Crippen LogP contribution in [-0.4, -0.2) is 35.8 Å². The van der Waals surface area contributed by atoms with Gasteiger partial charge in [0.2, 0.25) is 5.91 Å². The summed E-state index contributed by atoms with van der Waals surface area (Å²) in [5, 5.41) is 10.1. The standard InChI is InChI=1S/C21H20N4O4/c1-25-18(11-17(24-25)15-10-14(28-2)5-7-19(15)29-3)21(27)22-13-4-6-16-12(8-13)9-20(26)23-16/h4-8,10-11H,9H2,1-3H3,(H,22,27)(H,23,26). The number of aryl methyl sites for hydroxylation is 1. The van der Waals surface area contributed by atoms with Crippen molar-refractivity contribution < 1.29 is 19.1 Å². The first kappa shape index (κ1) is 18.5. The molecule has 1 aliphatic heterocycles. The van der Waals surface area contributed by atoms with E-state index in [1.165, 1.54) is 4.68 Å². The van der Waals surface area contributed by atoms with E-state index in [2.05, 4.69) is 15.7 Å². The smallest absolute Gasteiger partial charge is 0.273 e. The van der Waals surface area contributed by atoms with Crippen molar-refractivity contribution in [2.45, 2.75) is 6.42 Å². The molecule has 0 bridgehead atoms. The lowest BCUT2D eigenvalue weighted by molar-refractivity contribution is -0.115. The van der Waals surface area contributed by atoms with Gasteiger partial charge >= 0.3 is 0 Å². The number of rotatable bonds is 5. The Morgan fingerprint density at radius 1 is 1.14 bits per heavy atom. The van der Waals surface area contributed by atoms with Gasteiger partial charge in [-0.3, -0.25) is 14.3 Å². The highest BCUT2D eigenvalue weighted by Crippen LogP contribution is 2.33. The maximum atomic E-state index is 12.8. The Hall–Kier alpha value is -3.81. The highest BCUT2D eigenvalue weighted by Gasteiger charge is 2.20. The summed E-state index contributed by atoms with van der Waals surface area (Å²) in [4.78, 5) is 24.3. The molecule has 0 radical (unpaired) electrons. The van der Waals surface area contributed by atoms with Crippen molar-refractivity contribution in [1.82, 2.24) is 9.78 Å². The number of aromatic nitrogens is 2. The van der Waals surface area contributed by atoms with Crippen molar-refractivity contribution in [3.8, 4) is 22.8 Å². The minimum absolute atomic E-state index is 0.0491. The van der Waals surface area contributed by atoms with E-state index in [0.717, 1.165) is 16.8 Å². The molecule has 0 fully saturated rings. The number of amides is 2. The SMILES string of the molecule is COc1ccc(OC)c(-c2cc(C(=O)Nc3ccc4c(c3)CC(=O)N4)n(C)n2)c1. The zero-order chi connectivity index (χ0) is 20.5. The third-order valence-corrected chi connectivity index (χ3v) is 4.78. The number of fused-ring (bicyclic) bond motifs is 1. The molecule has 2 amide bonds. The van der Waals surface area contributed by atoms with Gasteiger partial charge in [-0.1, -0.05) is 0 Å². The van der Waals surface area contributed by atoms with Crippen molar-refractivity contribution in [3.63, 3.8) is 0 Å². The molecule has 1 aliphatic rings. The average molecular weight is 392 g/mol. The van der Waals surface area contributed by atoms with Crippen molar-refractivity contribution in [1.29, 1.82) is 0 Å². The number of nitrogens with zero attached hydrogens (tertiary/aromatic N) is 2. The highest BCUT2D eigenvalue weighted by molar-refractivity contribution is 6.05. The van der Waals surface area contributed by atoms with Gasteiger partial charge in [0.15, 0.2) is 0 Å². The van der Waals surface area contributed by atoms with E-state index >= 15 is 0 Å². The monoisotopic (exact) mass is 392 g/mol. The zero-order valence-corrected chi connectivity index (χ0v) is 16.3. The lowest BCUT2D eigenvalue weighted by Crippen LogP contribution is -2.16. The second-order valence-corrected chi connectivity index (χ2v) is 6.66. The number of hydrogen-bond acceptors (Lipinski definition) is 5. The van der Waals surface area contributed by atoms with Crippen LogP contribution in [0.2, 0.25) is 0 Å². The second-order valence-electron chi connectivity index (χ2n) is 6.66. The Bertz CT molecular complexity index is 1120. The summed E-state index contributed by atoms with van der Waals surface area (Å²) >= 11 is 0. The van der Waals surface area contributed by atoms with Gasteiger partial charge < -0.3 is 20.1 Å². The molecule has 2 aromatic carbocycles. The molecule has 0 atom stereocenters. The van der Waals surface area contributed by atoms with Gasteiger partial charge in [-0.2, -0.15) is 5.10 Å². The molecule has 0 saturated carbocycles. The number of carbonyl (C=O) groups is 2. The first-order valence-electron chi connectivity index (χ1n) is 8.99. The molecule has 2 heterocycles. The molecule has 8 nitrogen and oxygen atoms in total. The van der Waals surface area contributed by atoms with E-state index in [1.807, 2.05) is 6.07 Å². The van der Waals surface area contributed by atoms with Crippen molar-refractivity contribution in [2.24, 2.45) is 7.05 Å². The summed E-state index contributed by atoms with van der Waals surface area (Å²) in [5.74, 6) is 0.947. The van der Waals surface area contributed by atoms with Gasteiger partial charge in [0, 0.05) is 24.0 Å². The Kier molecular flexibility index (Phi) is 4.67. The van der Waals surface area contributed by atoms with Crippen LogP contribution >= 0.6 is 0 Å². The van der Waals surface area contributed by atoms with Crippen LogP contribution < -0.4 is 20.1 Å². The largest absolute Gasteiger partial charge is 0.497 e. The number of anilines is 2. The molecule has 0 spiro atoms. The first-order valence-corrected chi connectivity index (χ1v) is 8.99. The molecule has 4 rings (SSSR count). The van der Waals surface area contributed by atoms with Gasteiger partial charge in [0.1, 0.15) is 17.2 Å². The summed E-state index contributed by atoms with van der Waals surface area (Å²) in [6.45, 7) is 0. The number of methoxy groups -OCH3 is 2. The zero-order valence-electron chi connectivity index (χ0n) is 16.3. The number of nitrogens with one attached hydrogen (secondary N) is 2. The van der Waals surface area contributed by atoms with Crippen molar-refractivity contribution in [2.75, 3.05) is 24.9 Å². The molecule has 8 heteroatoms. The fourth-order valence-electron chi connectivity index (χ4n) is 3.33. The Labute approximate surface area is 167 Å². The number of hydrogen-bond donors (Lipinski definition) is 2. The van der Waals surface area contributed by atoms with E-state index in [1.54, 1.807) is 57.7 Å². The predicted octanol–water partition coefficient (Wildman–Crippen LogP) is 2.85. The minimum Gasteiger partial charge on any atom is -0.497 e. The van der Waals surface area contributed by atoms with Crippen LogP contribution in [0.15, 0.2) is 42.5 Å². The summed E-state index contributed by atoms with van der Waals surface area (Å²) in [6, 6.07) is 12.4. The molecular formula is C21H20N4O4. The second kappa shape index (κ2) is 7.31. The van der Waals surface area contributed by atoms with Crippen molar-refractivity contribution in [3.05, 3.63) is 53.7 Å². The lowest BCUT2D eigenvalue weighted by Gasteiger charge is -2.08. The third-order valence-electron chi connectivity index (χ3n) is 4.78. The van der Waals surface area contributed by atoms with E-state index in [4.69, 9.17) is 9.47 Å². The molecule has 1 aromatic heterocycles. The lowest BCUT2D eigenvalue weighted by atomic mass is 10.1. The maximum Gasteiger partial charge on any atom is 0.273 e. The Balaban J connectivity index is 1.61. The molecule has 0 saturated heterocycles. The Morgan fingerprint density at radius 3 is 2.72 bits per heavy atom. The van der Waals surface area contributed by atoms with Gasteiger partial charge in [-0.05, 0) is 48.0 Å². The number of ether oxygens (including phenoxy) is 2. The average Bonchev–Trinajstić information content (AvgIpc) is 3.28. The third kappa shape index (κ3) is 3.52. The topological polar surface area (TPSA) is 94.5 Å². The predicted molar refractivity (Wildman–Crippen MR) is 108 cm³/mol. The van der Waals surface area contributed by atoms with E-state index in [-0.39, 0.29) is 11.8 Å². The summed E-state index contributed by atoms with van der Waals surface area (Å²) in [6.07, 6.45) is 0.310. The van der Waals surface area contributed by atoms with Crippen LogP contribution in [0, 0.1) is 0 Å². The quantitative estimate of drug-likeness (QED) is 0.696. The van der Waals surface area contributed by atoms with E-state index < -0.39 is 0 Å². The highest BCUT2D eigenvalue weighted by atomic mass is 16.5. The molecule has 148 valence electrons. The van der Waals surface area contributed by atoms with E-state index in [9.17, 15) is 9.59 Å². The molecule has 0 aliphatic carbocycles. The molecule has 3 aromatic rings. The maximum absolute atomic E-state index is 12.8. The van der Waals surface area contributed by atoms with Crippen LogP contribution in [0.5, 0.6) is 11.5 Å². The first-order chi connectivity index (χ1) is 14.0. The molecule has 0 unspecified atom stereocenters. The Morgan fingerprint density at radius 2 is 1.97 bits per heavy atom. The normalized spacial score (nSPS) is 12.3. The fraction of sp³-hybridized carbons (Fsp3) is 0.190. The van der Waals surface area contributed by atoms with Crippen LogP contribution in [0.3, 0.4) is 0 Å². The van der Waals surface area contributed by atoms with Crippen molar-refractivity contribution >= 4 is 23.2 Å². The van der Waals surface area contributed by atoms with Gasteiger partial charge in [0.25, 0.3) is 5.91 Å². The fourth-order valence-corrected chi connectivity index (χ4v) is 3.33.